The van der Waals surface area contributed by atoms with E-state index in [2.05, 4.69) is 34.0 Å². The molecule has 128 valence electrons. The first-order valence-corrected chi connectivity index (χ1v) is 9.94. The van der Waals surface area contributed by atoms with Gasteiger partial charge in [0.2, 0.25) is 0 Å². The Morgan fingerprint density at radius 2 is 2.09 bits per heavy atom. The fourth-order valence-corrected chi connectivity index (χ4v) is 3.18. The van der Waals surface area contributed by atoms with Gasteiger partial charge in [-0.2, -0.15) is 0 Å². The van der Waals surface area contributed by atoms with Crippen molar-refractivity contribution in [3.63, 3.8) is 0 Å². The first kappa shape index (κ1) is 21.6. The summed E-state index contributed by atoms with van der Waals surface area (Å²) in [5, 5.41) is 8.27. The molecule has 0 radical (unpaired) electrons. The SMILES string of the molecule is CCNC(=NCC(C)c1cccs1)NCCS(=O)(=O)CC.I. The molecule has 0 bridgehead atoms. The lowest BCUT2D eigenvalue weighted by molar-refractivity contribution is 0.595. The number of thiophene rings is 1. The Hall–Kier alpha value is -0.350. The molecule has 1 rings (SSSR count). The van der Waals surface area contributed by atoms with Crippen molar-refractivity contribution >= 4 is 51.1 Å². The van der Waals surface area contributed by atoms with E-state index in [9.17, 15) is 8.42 Å². The molecule has 1 aromatic heterocycles. The van der Waals surface area contributed by atoms with Crippen LogP contribution in [-0.2, 0) is 9.84 Å². The minimum Gasteiger partial charge on any atom is -0.357 e. The van der Waals surface area contributed by atoms with E-state index in [1.165, 1.54) is 4.88 Å². The highest BCUT2D eigenvalue weighted by Gasteiger charge is 2.09. The molecule has 1 aromatic rings. The first-order chi connectivity index (χ1) is 9.98. The van der Waals surface area contributed by atoms with Gasteiger partial charge in [-0.15, -0.1) is 35.3 Å². The van der Waals surface area contributed by atoms with Crippen molar-refractivity contribution in [1.29, 1.82) is 0 Å². The molecule has 5 nitrogen and oxygen atoms in total. The lowest BCUT2D eigenvalue weighted by Gasteiger charge is -2.12. The zero-order chi connectivity index (χ0) is 15.7. The molecule has 8 heteroatoms. The van der Waals surface area contributed by atoms with Gasteiger partial charge >= 0.3 is 0 Å². The maximum Gasteiger partial charge on any atom is 0.191 e. The van der Waals surface area contributed by atoms with Crippen molar-refractivity contribution in [2.75, 3.05) is 31.1 Å². The van der Waals surface area contributed by atoms with E-state index in [1.807, 2.05) is 13.0 Å². The molecule has 0 saturated carbocycles. The predicted molar refractivity (Wildman–Crippen MR) is 106 cm³/mol. The van der Waals surface area contributed by atoms with Crippen LogP contribution in [0.3, 0.4) is 0 Å². The van der Waals surface area contributed by atoms with Gasteiger partial charge in [-0.05, 0) is 18.4 Å². The van der Waals surface area contributed by atoms with Crippen LogP contribution in [0.15, 0.2) is 22.5 Å². The van der Waals surface area contributed by atoms with Gasteiger partial charge in [-0.25, -0.2) is 8.42 Å². The van der Waals surface area contributed by atoms with Crippen LogP contribution in [0.5, 0.6) is 0 Å². The van der Waals surface area contributed by atoms with Gasteiger partial charge in [-0.3, -0.25) is 4.99 Å². The Kier molecular flexibility index (Phi) is 11.0. The van der Waals surface area contributed by atoms with Gasteiger partial charge in [0.25, 0.3) is 0 Å². The molecule has 0 fully saturated rings. The maximum atomic E-state index is 11.5. The van der Waals surface area contributed by atoms with Gasteiger partial charge in [0.05, 0.1) is 12.3 Å². The maximum absolute atomic E-state index is 11.5. The monoisotopic (exact) mass is 459 g/mol. The van der Waals surface area contributed by atoms with E-state index in [-0.39, 0.29) is 35.5 Å². The van der Waals surface area contributed by atoms with Crippen LogP contribution in [0, 0.1) is 0 Å². The van der Waals surface area contributed by atoms with E-state index in [1.54, 1.807) is 18.3 Å². The zero-order valence-corrected chi connectivity index (χ0v) is 17.3. The molecule has 0 aliphatic rings. The minimum atomic E-state index is -2.94. The number of hydrogen-bond donors (Lipinski definition) is 2. The Balaban J connectivity index is 0.00000441. The highest BCUT2D eigenvalue weighted by molar-refractivity contribution is 14.0. The molecule has 1 unspecified atom stereocenters. The molecule has 22 heavy (non-hydrogen) atoms. The summed E-state index contributed by atoms with van der Waals surface area (Å²) in [5.74, 6) is 1.35. The fraction of sp³-hybridized carbons (Fsp3) is 0.643. The number of nitrogens with zero attached hydrogens (tertiary/aromatic N) is 1. The largest absolute Gasteiger partial charge is 0.357 e. The lowest BCUT2D eigenvalue weighted by Crippen LogP contribution is -2.40. The number of nitrogens with one attached hydrogen (secondary N) is 2. The molecule has 0 saturated heterocycles. The summed E-state index contributed by atoms with van der Waals surface area (Å²) >= 11 is 1.73. The number of aliphatic imine (C=N–C) groups is 1. The summed E-state index contributed by atoms with van der Waals surface area (Å²) in [6.07, 6.45) is 0. The van der Waals surface area contributed by atoms with Crippen LogP contribution in [0.25, 0.3) is 0 Å². The highest BCUT2D eigenvalue weighted by Crippen LogP contribution is 2.20. The van der Waals surface area contributed by atoms with Crippen molar-refractivity contribution < 1.29 is 8.42 Å². The molecule has 0 spiro atoms. The zero-order valence-electron chi connectivity index (χ0n) is 13.3. The number of hydrogen-bond acceptors (Lipinski definition) is 4. The molecular weight excluding hydrogens is 433 g/mol. The van der Waals surface area contributed by atoms with Crippen molar-refractivity contribution in [3.8, 4) is 0 Å². The Morgan fingerprint density at radius 1 is 1.36 bits per heavy atom. The van der Waals surface area contributed by atoms with Crippen LogP contribution in [0.1, 0.15) is 31.6 Å². The summed E-state index contributed by atoms with van der Waals surface area (Å²) in [5.41, 5.74) is 0. The molecule has 0 aliphatic heterocycles. The molecule has 0 aliphatic carbocycles. The van der Waals surface area contributed by atoms with Gasteiger partial charge in [0.15, 0.2) is 15.8 Å². The number of halogens is 1. The average molecular weight is 459 g/mol. The number of rotatable bonds is 8. The lowest BCUT2D eigenvalue weighted by atomic mass is 10.1. The molecule has 1 atom stereocenters. The van der Waals surface area contributed by atoms with Gasteiger partial charge in [-0.1, -0.05) is 19.9 Å². The summed E-state index contributed by atoms with van der Waals surface area (Å²) < 4.78 is 22.9. The molecular formula is C14H26IN3O2S2. The Bertz CT molecular complexity index is 530. The van der Waals surface area contributed by atoms with E-state index in [0.29, 0.717) is 25.0 Å². The summed E-state index contributed by atoms with van der Waals surface area (Å²) in [4.78, 5) is 5.83. The second kappa shape index (κ2) is 11.2. The number of guanidine groups is 1. The third-order valence-corrected chi connectivity index (χ3v) is 5.85. The highest BCUT2D eigenvalue weighted by atomic mass is 127. The minimum absolute atomic E-state index is 0. The third-order valence-electron chi connectivity index (χ3n) is 3.04. The van der Waals surface area contributed by atoms with Crippen LogP contribution in [0.4, 0.5) is 0 Å². The fourth-order valence-electron chi connectivity index (χ4n) is 1.70. The predicted octanol–water partition coefficient (Wildman–Crippen LogP) is 2.46. The summed E-state index contributed by atoms with van der Waals surface area (Å²) in [6.45, 7) is 7.60. The van der Waals surface area contributed by atoms with Crippen LogP contribution in [0.2, 0.25) is 0 Å². The van der Waals surface area contributed by atoms with Crippen LogP contribution in [-0.4, -0.2) is 45.5 Å². The van der Waals surface area contributed by atoms with Crippen molar-refractivity contribution in [2.24, 2.45) is 4.99 Å². The van der Waals surface area contributed by atoms with E-state index >= 15 is 0 Å². The van der Waals surface area contributed by atoms with Crippen LogP contribution < -0.4 is 10.6 Å². The smallest absolute Gasteiger partial charge is 0.191 e. The second-order valence-electron chi connectivity index (χ2n) is 4.80. The van der Waals surface area contributed by atoms with Gasteiger partial charge in [0.1, 0.15) is 0 Å². The molecule has 1 heterocycles. The summed E-state index contributed by atoms with van der Waals surface area (Å²) in [6, 6.07) is 4.15. The normalized spacial score (nSPS) is 13.3. The quantitative estimate of drug-likeness (QED) is 0.356. The third kappa shape index (κ3) is 8.33. The number of sulfone groups is 1. The second-order valence-corrected chi connectivity index (χ2v) is 8.25. The van der Waals surface area contributed by atoms with Gasteiger partial charge in [0, 0.05) is 29.6 Å². The van der Waals surface area contributed by atoms with E-state index < -0.39 is 9.84 Å². The Labute approximate surface area is 154 Å². The topological polar surface area (TPSA) is 70.6 Å². The van der Waals surface area contributed by atoms with Gasteiger partial charge < -0.3 is 10.6 Å². The van der Waals surface area contributed by atoms with E-state index in [0.717, 1.165) is 6.54 Å². The van der Waals surface area contributed by atoms with Crippen molar-refractivity contribution in [3.05, 3.63) is 22.4 Å². The van der Waals surface area contributed by atoms with Crippen LogP contribution >= 0.6 is 35.3 Å². The standard InChI is InChI=1S/C14H25N3O2S2.HI/c1-4-15-14(16-8-10-21(18,19)5-2)17-11-12(3)13-7-6-9-20-13;/h6-7,9,12H,4-5,8,10-11H2,1-3H3,(H2,15,16,17);1H. The van der Waals surface area contributed by atoms with Crippen molar-refractivity contribution in [1.82, 2.24) is 10.6 Å². The van der Waals surface area contributed by atoms with Crippen molar-refractivity contribution in [2.45, 2.75) is 26.7 Å². The first-order valence-electron chi connectivity index (χ1n) is 7.24. The summed E-state index contributed by atoms with van der Waals surface area (Å²) in [7, 11) is -2.94. The Morgan fingerprint density at radius 3 is 2.64 bits per heavy atom. The molecule has 0 aromatic carbocycles. The molecule has 2 N–H and O–H groups in total. The molecule has 0 amide bonds. The van der Waals surface area contributed by atoms with E-state index in [4.69, 9.17) is 0 Å². The average Bonchev–Trinajstić information content (AvgIpc) is 2.98.